The lowest BCUT2D eigenvalue weighted by Crippen LogP contribution is -2.46. The van der Waals surface area contributed by atoms with Crippen LogP contribution >= 0.6 is 0 Å². The standard InChI is InChI=1S/C14H26N2O2/c1-12-4-2-3-5-13(12)18-11-6-14(17)16-9-7-15-8-10-16/h12-13,15H,2-11H2,1H3. The number of nitrogens with zero attached hydrogens (tertiary/aromatic N) is 1. The number of nitrogens with one attached hydrogen (secondary N) is 1. The van der Waals surface area contributed by atoms with E-state index in [1.807, 2.05) is 4.90 Å². The van der Waals surface area contributed by atoms with E-state index < -0.39 is 0 Å². The van der Waals surface area contributed by atoms with Gasteiger partial charge in [-0.15, -0.1) is 0 Å². The van der Waals surface area contributed by atoms with Gasteiger partial charge in [0, 0.05) is 26.2 Å². The lowest BCUT2D eigenvalue weighted by Gasteiger charge is -2.30. The second-order valence-electron chi connectivity index (χ2n) is 5.55. The van der Waals surface area contributed by atoms with Crippen LogP contribution in [-0.4, -0.2) is 49.7 Å². The molecule has 2 unspecified atom stereocenters. The average Bonchev–Trinajstić information content (AvgIpc) is 2.42. The third-order valence-electron chi connectivity index (χ3n) is 4.15. The number of hydrogen-bond acceptors (Lipinski definition) is 3. The molecule has 104 valence electrons. The van der Waals surface area contributed by atoms with E-state index in [2.05, 4.69) is 12.2 Å². The van der Waals surface area contributed by atoms with E-state index in [0.29, 0.717) is 25.0 Å². The van der Waals surface area contributed by atoms with Crippen LogP contribution in [0, 0.1) is 5.92 Å². The molecule has 1 N–H and O–H groups in total. The van der Waals surface area contributed by atoms with E-state index in [-0.39, 0.29) is 5.91 Å². The second kappa shape index (κ2) is 7.10. The number of piperazine rings is 1. The molecule has 18 heavy (non-hydrogen) atoms. The Bertz CT molecular complexity index is 265. The number of carbonyl (C=O) groups is 1. The average molecular weight is 254 g/mol. The van der Waals surface area contributed by atoms with E-state index in [1.54, 1.807) is 0 Å². The van der Waals surface area contributed by atoms with Crippen molar-refractivity contribution in [3.05, 3.63) is 0 Å². The van der Waals surface area contributed by atoms with Crippen LogP contribution in [0.4, 0.5) is 0 Å². The molecule has 0 aromatic heterocycles. The van der Waals surface area contributed by atoms with Crippen LogP contribution in [0.3, 0.4) is 0 Å². The molecule has 2 atom stereocenters. The zero-order valence-corrected chi connectivity index (χ0v) is 11.5. The van der Waals surface area contributed by atoms with Crippen LogP contribution in [0.5, 0.6) is 0 Å². The molecular weight excluding hydrogens is 228 g/mol. The van der Waals surface area contributed by atoms with Gasteiger partial charge in [-0.05, 0) is 18.8 Å². The summed E-state index contributed by atoms with van der Waals surface area (Å²) in [4.78, 5) is 13.9. The van der Waals surface area contributed by atoms with Gasteiger partial charge in [-0.25, -0.2) is 0 Å². The molecule has 2 rings (SSSR count). The largest absolute Gasteiger partial charge is 0.377 e. The summed E-state index contributed by atoms with van der Waals surface area (Å²) in [6.45, 7) is 6.40. The van der Waals surface area contributed by atoms with Crippen molar-refractivity contribution in [2.75, 3.05) is 32.8 Å². The van der Waals surface area contributed by atoms with Crippen molar-refractivity contribution in [3.63, 3.8) is 0 Å². The second-order valence-corrected chi connectivity index (χ2v) is 5.55. The van der Waals surface area contributed by atoms with Gasteiger partial charge in [-0.2, -0.15) is 0 Å². The maximum absolute atomic E-state index is 11.9. The Morgan fingerprint density at radius 3 is 2.72 bits per heavy atom. The Balaban J connectivity index is 1.63. The van der Waals surface area contributed by atoms with Crippen LogP contribution in [0.15, 0.2) is 0 Å². The summed E-state index contributed by atoms with van der Waals surface area (Å²) in [6, 6.07) is 0. The summed E-state index contributed by atoms with van der Waals surface area (Å²) < 4.78 is 5.89. The van der Waals surface area contributed by atoms with Crippen molar-refractivity contribution < 1.29 is 9.53 Å². The zero-order valence-electron chi connectivity index (χ0n) is 11.5. The fourth-order valence-corrected chi connectivity index (χ4v) is 2.90. The van der Waals surface area contributed by atoms with Gasteiger partial charge in [0.15, 0.2) is 0 Å². The molecule has 0 aromatic carbocycles. The van der Waals surface area contributed by atoms with E-state index in [1.165, 1.54) is 25.7 Å². The highest BCUT2D eigenvalue weighted by molar-refractivity contribution is 5.76. The van der Waals surface area contributed by atoms with Gasteiger partial charge >= 0.3 is 0 Å². The lowest BCUT2D eigenvalue weighted by atomic mass is 9.88. The maximum Gasteiger partial charge on any atom is 0.224 e. The van der Waals surface area contributed by atoms with Gasteiger partial charge in [-0.3, -0.25) is 4.79 Å². The topological polar surface area (TPSA) is 41.6 Å². The number of carbonyl (C=O) groups excluding carboxylic acids is 1. The van der Waals surface area contributed by atoms with Gasteiger partial charge in [0.2, 0.25) is 5.91 Å². The SMILES string of the molecule is CC1CCCCC1OCCC(=O)N1CCNCC1. The molecule has 0 radical (unpaired) electrons. The first kappa shape index (κ1) is 13.8. The van der Waals surface area contributed by atoms with E-state index in [0.717, 1.165) is 26.2 Å². The smallest absolute Gasteiger partial charge is 0.224 e. The van der Waals surface area contributed by atoms with Crippen molar-refractivity contribution in [3.8, 4) is 0 Å². The van der Waals surface area contributed by atoms with Crippen molar-refractivity contribution in [2.45, 2.75) is 45.1 Å². The van der Waals surface area contributed by atoms with Gasteiger partial charge < -0.3 is 15.0 Å². The lowest BCUT2D eigenvalue weighted by molar-refractivity contribution is -0.133. The molecule has 2 fully saturated rings. The minimum absolute atomic E-state index is 0.250. The van der Waals surface area contributed by atoms with Gasteiger partial charge in [0.05, 0.1) is 19.1 Å². The first-order chi connectivity index (χ1) is 8.77. The Morgan fingerprint density at radius 1 is 1.28 bits per heavy atom. The normalized spacial score (nSPS) is 29.3. The first-order valence-electron chi connectivity index (χ1n) is 7.37. The molecular formula is C14H26N2O2. The predicted octanol–water partition coefficient (Wildman–Crippen LogP) is 1.40. The van der Waals surface area contributed by atoms with Crippen molar-refractivity contribution in [1.82, 2.24) is 10.2 Å². The Morgan fingerprint density at radius 2 is 2.00 bits per heavy atom. The molecule has 1 aliphatic carbocycles. The van der Waals surface area contributed by atoms with Gasteiger partial charge in [0.25, 0.3) is 0 Å². The summed E-state index contributed by atoms with van der Waals surface area (Å²) in [6.07, 6.45) is 5.99. The molecule has 0 aromatic rings. The van der Waals surface area contributed by atoms with Gasteiger partial charge in [0.1, 0.15) is 0 Å². The monoisotopic (exact) mass is 254 g/mol. The minimum Gasteiger partial charge on any atom is -0.377 e. The molecule has 4 nitrogen and oxygen atoms in total. The van der Waals surface area contributed by atoms with E-state index in [4.69, 9.17) is 4.74 Å². The molecule has 1 amide bonds. The van der Waals surface area contributed by atoms with Crippen molar-refractivity contribution >= 4 is 5.91 Å². The summed E-state index contributed by atoms with van der Waals surface area (Å²) in [7, 11) is 0. The number of amides is 1. The summed E-state index contributed by atoms with van der Waals surface area (Å²) >= 11 is 0. The molecule has 1 saturated heterocycles. The minimum atomic E-state index is 0.250. The van der Waals surface area contributed by atoms with E-state index >= 15 is 0 Å². The van der Waals surface area contributed by atoms with Crippen LogP contribution in [0.25, 0.3) is 0 Å². The molecule has 1 saturated carbocycles. The number of rotatable bonds is 4. The molecule has 1 heterocycles. The van der Waals surface area contributed by atoms with Crippen molar-refractivity contribution in [1.29, 1.82) is 0 Å². The fourth-order valence-electron chi connectivity index (χ4n) is 2.90. The summed E-state index contributed by atoms with van der Waals surface area (Å²) in [5.74, 6) is 0.910. The molecule has 0 bridgehead atoms. The fraction of sp³-hybridized carbons (Fsp3) is 0.929. The van der Waals surface area contributed by atoms with Crippen LogP contribution in [-0.2, 0) is 9.53 Å². The quantitative estimate of drug-likeness (QED) is 0.824. The highest BCUT2D eigenvalue weighted by Crippen LogP contribution is 2.26. The van der Waals surface area contributed by atoms with Gasteiger partial charge in [-0.1, -0.05) is 19.8 Å². The van der Waals surface area contributed by atoms with E-state index in [9.17, 15) is 4.79 Å². The Hall–Kier alpha value is -0.610. The highest BCUT2D eigenvalue weighted by Gasteiger charge is 2.22. The molecule has 2 aliphatic rings. The highest BCUT2D eigenvalue weighted by atomic mass is 16.5. The molecule has 1 aliphatic heterocycles. The molecule has 4 heteroatoms. The van der Waals surface area contributed by atoms with Crippen LogP contribution < -0.4 is 5.32 Å². The summed E-state index contributed by atoms with van der Waals surface area (Å²) in [5, 5.41) is 3.26. The number of ether oxygens (including phenoxy) is 1. The Labute approximate surface area is 110 Å². The first-order valence-corrected chi connectivity index (χ1v) is 7.37. The number of hydrogen-bond donors (Lipinski definition) is 1. The summed E-state index contributed by atoms with van der Waals surface area (Å²) in [5.41, 5.74) is 0. The Kier molecular flexibility index (Phi) is 5.45. The van der Waals surface area contributed by atoms with Crippen LogP contribution in [0.1, 0.15) is 39.0 Å². The molecule has 0 spiro atoms. The third kappa shape index (κ3) is 3.95. The maximum atomic E-state index is 11.9. The predicted molar refractivity (Wildman–Crippen MR) is 71.4 cm³/mol. The van der Waals surface area contributed by atoms with Crippen molar-refractivity contribution in [2.24, 2.45) is 5.92 Å². The zero-order chi connectivity index (χ0) is 12.8. The third-order valence-corrected chi connectivity index (χ3v) is 4.15. The van der Waals surface area contributed by atoms with Crippen LogP contribution in [0.2, 0.25) is 0 Å².